The second-order valence-electron chi connectivity index (χ2n) is 8.79. The molecule has 2 aliphatic heterocycles. The maximum absolute atomic E-state index is 13.2. The van der Waals surface area contributed by atoms with Crippen molar-refractivity contribution in [1.29, 1.82) is 0 Å². The van der Waals surface area contributed by atoms with Crippen LogP contribution in [0.3, 0.4) is 0 Å². The Hall–Kier alpha value is -4.34. The van der Waals surface area contributed by atoms with E-state index in [1.54, 1.807) is 23.4 Å². The van der Waals surface area contributed by atoms with Crippen molar-refractivity contribution in [3.8, 4) is 22.5 Å². The maximum Gasteiger partial charge on any atom is 0.321 e. The van der Waals surface area contributed by atoms with Crippen molar-refractivity contribution in [3.05, 3.63) is 78.2 Å². The summed E-state index contributed by atoms with van der Waals surface area (Å²) >= 11 is 0. The molecule has 1 fully saturated rings. The van der Waals surface area contributed by atoms with Gasteiger partial charge in [0.2, 0.25) is 0 Å². The van der Waals surface area contributed by atoms with Crippen LogP contribution in [-0.2, 0) is 13.1 Å². The number of rotatable bonds is 4. The maximum atomic E-state index is 13.2. The molecule has 2 aromatic carbocycles. The topological polar surface area (TPSA) is 90.0 Å². The van der Waals surface area contributed by atoms with Crippen molar-refractivity contribution in [2.45, 2.75) is 19.0 Å². The Balaban J connectivity index is 1.15. The first-order valence-electron chi connectivity index (χ1n) is 11.2. The van der Waals surface area contributed by atoms with E-state index in [0.717, 1.165) is 33.5 Å². The van der Waals surface area contributed by atoms with Crippen molar-refractivity contribution in [2.24, 2.45) is 0 Å². The van der Waals surface area contributed by atoms with Gasteiger partial charge in [-0.05, 0) is 41.0 Å². The Morgan fingerprint density at radius 3 is 2.46 bits per heavy atom. The van der Waals surface area contributed by atoms with E-state index >= 15 is 0 Å². The number of alkyl halides is 2. The van der Waals surface area contributed by atoms with Gasteiger partial charge >= 0.3 is 6.03 Å². The van der Waals surface area contributed by atoms with Gasteiger partial charge in [0.1, 0.15) is 5.82 Å². The summed E-state index contributed by atoms with van der Waals surface area (Å²) in [5.74, 6) is -1.56. The van der Waals surface area contributed by atoms with E-state index in [1.165, 1.54) is 4.90 Å². The van der Waals surface area contributed by atoms with Crippen LogP contribution in [0.2, 0.25) is 0 Å². The van der Waals surface area contributed by atoms with Crippen LogP contribution < -0.4 is 5.32 Å². The van der Waals surface area contributed by atoms with Gasteiger partial charge in [0, 0.05) is 42.3 Å². The number of nitrogens with zero attached hydrogens (tertiary/aromatic N) is 5. The molecule has 0 aliphatic carbocycles. The summed E-state index contributed by atoms with van der Waals surface area (Å²) in [5, 5.41) is 10.1. The molecular formula is C25H21F2N7O. The smallest absolute Gasteiger partial charge is 0.321 e. The molecule has 2 aromatic heterocycles. The fourth-order valence-corrected chi connectivity index (χ4v) is 4.39. The molecule has 10 heteroatoms. The molecule has 1 saturated heterocycles. The molecule has 2 amide bonds. The number of carbonyl (C=O) groups is 1. The Bertz CT molecular complexity index is 1380. The van der Waals surface area contributed by atoms with Crippen LogP contribution in [0.15, 0.2) is 67.1 Å². The van der Waals surface area contributed by atoms with Crippen molar-refractivity contribution < 1.29 is 13.6 Å². The van der Waals surface area contributed by atoms with Crippen LogP contribution in [0.1, 0.15) is 11.1 Å². The van der Waals surface area contributed by atoms with E-state index in [9.17, 15) is 13.6 Å². The summed E-state index contributed by atoms with van der Waals surface area (Å²) in [4.78, 5) is 24.4. The van der Waals surface area contributed by atoms with Gasteiger partial charge in [-0.15, -0.1) is 0 Å². The number of likely N-dealkylation sites (tertiary alicyclic amines) is 1. The van der Waals surface area contributed by atoms with Gasteiger partial charge in [0.05, 0.1) is 19.3 Å². The van der Waals surface area contributed by atoms with Gasteiger partial charge in [0.15, 0.2) is 5.82 Å². The van der Waals surface area contributed by atoms with E-state index in [-0.39, 0.29) is 6.03 Å². The fourth-order valence-electron chi connectivity index (χ4n) is 4.39. The monoisotopic (exact) mass is 473 g/mol. The number of nitrogens with one attached hydrogen (secondary N) is 2. The highest BCUT2D eigenvalue weighted by molar-refractivity contribution is 5.77. The Morgan fingerprint density at radius 2 is 1.71 bits per heavy atom. The summed E-state index contributed by atoms with van der Waals surface area (Å²) in [5.41, 5.74) is 5.76. The molecule has 2 aliphatic rings. The molecule has 35 heavy (non-hydrogen) atoms. The van der Waals surface area contributed by atoms with Gasteiger partial charge in [-0.2, -0.15) is 5.10 Å². The Kier molecular flexibility index (Phi) is 4.94. The third-order valence-corrected chi connectivity index (χ3v) is 6.22. The third-order valence-electron chi connectivity index (χ3n) is 6.22. The molecule has 176 valence electrons. The van der Waals surface area contributed by atoms with Crippen molar-refractivity contribution in [3.63, 3.8) is 0 Å². The average Bonchev–Trinajstić information content (AvgIpc) is 3.52. The zero-order valence-electron chi connectivity index (χ0n) is 18.6. The molecule has 0 saturated carbocycles. The summed E-state index contributed by atoms with van der Waals surface area (Å²) in [6, 6.07) is 15.2. The highest BCUT2D eigenvalue weighted by atomic mass is 19.3. The molecule has 2 N–H and O–H groups in total. The number of hydrogen-bond donors (Lipinski definition) is 2. The minimum Gasteiger partial charge on any atom is -0.340 e. The number of benzene rings is 2. The quantitative estimate of drug-likeness (QED) is 0.450. The van der Waals surface area contributed by atoms with Gasteiger partial charge in [-0.3, -0.25) is 5.10 Å². The number of anilines is 2. The van der Waals surface area contributed by atoms with Gasteiger partial charge in [-0.1, -0.05) is 24.3 Å². The number of hydrogen-bond acceptors (Lipinski definition) is 5. The lowest BCUT2D eigenvalue weighted by Crippen LogP contribution is -2.60. The first kappa shape index (κ1) is 21.2. The van der Waals surface area contributed by atoms with E-state index < -0.39 is 19.0 Å². The molecule has 4 heterocycles. The molecule has 0 unspecified atom stereocenters. The second-order valence-corrected chi connectivity index (χ2v) is 8.79. The second kappa shape index (κ2) is 8.15. The summed E-state index contributed by atoms with van der Waals surface area (Å²) in [6.07, 6.45) is 5.31. The highest BCUT2D eigenvalue weighted by Gasteiger charge is 2.47. The summed E-state index contributed by atoms with van der Waals surface area (Å²) in [6.45, 7) is -0.230. The van der Waals surface area contributed by atoms with Crippen LogP contribution in [0.4, 0.5) is 25.1 Å². The molecule has 0 bridgehead atoms. The highest BCUT2D eigenvalue weighted by Crippen LogP contribution is 2.32. The SMILES string of the molecule is O=C(N1Cc2ccc(-c3nccc(Nc4ccc(-c5cn[nH]c5)cc4)n3)cc2C1)N1CC(F)(F)C1. The third kappa shape index (κ3) is 4.18. The number of carbonyl (C=O) groups excluding carboxylic acids is 1. The lowest BCUT2D eigenvalue weighted by Gasteiger charge is -2.40. The summed E-state index contributed by atoms with van der Waals surface area (Å²) < 4.78 is 26.3. The predicted octanol–water partition coefficient (Wildman–Crippen LogP) is 4.66. The number of H-pyrrole nitrogens is 1. The molecule has 8 nitrogen and oxygen atoms in total. The predicted molar refractivity (Wildman–Crippen MR) is 126 cm³/mol. The van der Waals surface area contributed by atoms with Crippen LogP contribution in [-0.4, -0.2) is 55.0 Å². The number of fused-ring (bicyclic) bond motifs is 1. The van der Waals surface area contributed by atoms with Crippen molar-refractivity contribution in [2.75, 3.05) is 18.4 Å². The molecule has 0 spiro atoms. The normalized spacial score (nSPS) is 16.1. The Labute approximate surface area is 199 Å². The average molecular weight is 473 g/mol. The number of aromatic amines is 1. The minimum atomic E-state index is -2.77. The van der Waals surface area contributed by atoms with Crippen molar-refractivity contribution in [1.82, 2.24) is 30.0 Å². The molecule has 0 radical (unpaired) electrons. The molecular weight excluding hydrogens is 452 g/mol. The standard InChI is InChI=1S/C25H21F2N7O/c26-25(27)14-34(15-25)24(35)33-12-18-2-1-17(9-19(18)13-33)23-28-8-7-22(32-23)31-21-5-3-16(4-6-21)20-10-29-30-11-20/h1-11H,12-15H2,(H,29,30)(H,28,31,32). The molecule has 4 aromatic rings. The molecule has 0 atom stereocenters. The molecule has 6 rings (SSSR count). The lowest BCUT2D eigenvalue weighted by atomic mass is 10.1. The van der Waals surface area contributed by atoms with Gasteiger partial charge < -0.3 is 15.1 Å². The van der Waals surface area contributed by atoms with E-state index in [1.807, 2.05) is 48.7 Å². The van der Waals surface area contributed by atoms with Crippen LogP contribution in [0.5, 0.6) is 0 Å². The summed E-state index contributed by atoms with van der Waals surface area (Å²) in [7, 11) is 0. The van der Waals surface area contributed by atoms with E-state index in [0.29, 0.717) is 24.7 Å². The minimum absolute atomic E-state index is 0.352. The van der Waals surface area contributed by atoms with E-state index in [2.05, 4.69) is 25.5 Å². The van der Waals surface area contributed by atoms with Gasteiger partial charge in [-0.25, -0.2) is 23.5 Å². The van der Waals surface area contributed by atoms with E-state index in [4.69, 9.17) is 0 Å². The number of urea groups is 1. The van der Waals surface area contributed by atoms with Gasteiger partial charge in [0.25, 0.3) is 5.92 Å². The zero-order chi connectivity index (χ0) is 24.0. The fraction of sp³-hybridized carbons (Fsp3) is 0.200. The number of halogens is 2. The number of aromatic nitrogens is 4. The zero-order valence-corrected chi connectivity index (χ0v) is 18.6. The van der Waals surface area contributed by atoms with Crippen LogP contribution in [0.25, 0.3) is 22.5 Å². The van der Waals surface area contributed by atoms with Crippen LogP contribution >= 0.6 is 0 Å². The number of amides is 2. The first-order chi connectivity index (χ1) is 16.9. The lowest BCUT2D eigenvalue weighted by molar-refractivity contribution is -0.114. The largest absolute Gasteiger partial charge is 0.340 e. The van der Waals surface area contributed by atoms with Crippen LogP contribution in [0, 0.1) is 0 Å². The Morgan fingerprint density at radius 1 is 0.943 bits per heavy atom. The first-order valence-corrected chi connectivity index (χ1v) is 11.2. The van der Waals surface area contributed by atoms with Crippen molar-refractivity contribution >= 4 is 17.5 Å².